The number of rotatable bonds is 3. The molecule has 3 heteroatoms. The Bertz CT molecular complexity index is 255. The van der Waals surface area contributed by atoms with Gasteiger partial charge in [-0.3, -0.25) is 0 Å². The predicted octanol–water partition coefficient (Wildman–Crippen LogP) is 3.58. The molecule has 1 heterocycles. The summed E-state index contributed by atoms with van der Waals surface area (Å²) in [6.45, 7) is 0.781. The van der Waals surface area contributed by atoms with Crippen LogP contribution in [0.15, 0.2) is 15.9 Å². The fourth-order valence-corrected chi connectivity index (χ4v) is 2.55. The van der Waals surface area contributed by atoms with Crippen LogP contribution in [0.3, 0.4) is 0 Å². The van der Waals surface area contributed by atoms with Gasteiger partial charge < -0.3 is 4.74 Å². The molecule has 2 rings (SSSR count). The second kappa shape index (κ2) is 3.90. The summed E-state index contributed by atoms with van der Waals surface area (Å²) in [5.74, 6) is 0. The summed E-state index contributed by atoms with van der Waals surface area (Å²) in [4.78, 5) is 1.31. The van der Waals surface area contributed by atoms with E-state index >= 15 is 0 Å². The fourth-order valence-electron chi connectivity index (χ4n) is 1.16. The first-order valence-electron chi connectivity index (χ1n) is 4.20. The molecule has 0 aromatic carbocycles. The van der Waals surface area contributed by atoms with Crippen molar-refractivity contribution in [2.45, 2.75) is 32.0 Å². The molecule has 1 saturated carbocycles. The van der Waals surface area contributed by atoms with Gasteiger partial charge in [0.15, 0.2) is 0 Å². The van der Waals surface area contributed by atoms with Crippen LogP contribution in [0.4, 0.5) is 0 Å². The predicted molar refractivity (Wildman–Crippen MR) is 54.4 cm³/mol. The van der Waals surface area contributed by atoms with E-state index in [-0.39, 0.29) is 0 Å². The number of hydrogen-bond acceptors (Lipinski definition) is 2. The quantitative estimate of drug-likeness (QED) is 0.793. The van der Waals surface area contributed by atoms with E-state index < -0.39 is 0 Å². The first-order chi connectivity index (χ1) is 5.86. The van der Waals surface area contributed by atoms with Crippen molar-refractivity contribution in [2.75, 3.05) is 0 Å². The SMILES string of the molecule is Brc1ccsc1COC1CCC1. The summed E-state index contributed by atoms with van der Waals surface area (Å²) in [6, 6.07) is 2.07. The Labute approximate surface area is 84.9 Å². The summed E-state index contributed by atoms with van der Waals surface area (Å²) < 4.78 is 6.87. The zero-order valence-corrected chi connectivity index (χ0v) is 9.16. The van der Waals surface area contributed by atoms with Crippen molar-refractivity contribution in [2.24, 2.45) is 0 Å². The Morgan fingerprint density at radius 3 is 2.92 bits per heavy atom. The summed E-state index contributed by atoms with van der Waals surface area (Å²) >= 11 is 5.24. The third-order valence-corrected chi connectivity index (χ3v) is 4.09. The van der Waals surface area contributed by atoms with E-state index in [1.54, 1.807) is 11.3 Å². The van der Waals surface area contributed by atoms with E-state index in [2.05, 4.69) is 27.4 Å². The number of hydrogen-bond donors (Lipinski definition) is 0. The molecule has 0 amide bonds. The zero-order chi connectivity index (χ0) is 8.39. The largest absolute Gasteiger partial charge is 0.373 e. The van der Waals surface area contributed by atoms with Crippen LogP contribution in [0.25, 0.3) is 0 Å². The Morgan fingerprint density at radius 1 is 1.58 bits per heavy atom. The minimum Gasteiger partial charge on any atom is -0.373 e. The summed E-state index contributed by atoms with van der Waals surface area (Å²) in [5.41, 5.74) is 0. The lowest BCUT2D eigenvalue weighted by Gasteiger charge is -2.25. The molecule has 0 saturated heterocycles. The van der Waals surface area contributed by atoms with Crippen molar-refractivity contribution in [1.29, 1.82) is 0 Å². The molecule has 0 atom stereocenters. The molecular weight excluding hydrogens is 236 g/mol. The average molecular weight is 247 g/mol. The molecule has 1 aliphatic carbocycles. The van der Waals surface area contributed by atoms with Crippen LogP contribution in [-0.4, -0.2) is 6.10 Å². The average Bonchev–Trinajstić information content (AvgIpc) is 2.33. The molecule has 66 valence electrons. The first kappa shape index (κ1) is 8.73. The maximum atomic E-state index is 5.68. The van der Waals surface area contributed by atoms with E-state index in [1.807, 2.05) is 0 Å². The molecule has 0 bridgehead atoms. The van der Waals surface area contributed by atoms with Crippen molar-refractivity contribution in [1.82, 2.24) is 0 Å². The lowest BCUT2D eigenvalue weighted by molar-refractivity contribution is -0.00765. The van der Waals surface area contributed by atoms with E-state index in [0.717, 1.165) is 6.61 Å². The Balaban J connectivity index is 1.82. The first-order valence-corrected chi connectivity index (χ1v) is 5.87. The topological polar surface area (TPSA) is 9.23 Å². The highest BCUT2D eigenvalue weighted by Crippen LogP contribution is 2.27. The van der Waals surface area contributed by atoms with Crippen LogP contribution in [0.1, 0.15) is 24.1 Å². The van der Waals surface area contributed by atoms with E-state index in [4.69, 9.17) is 4.74 Å². The van der Waals surface area contributed by atoms with Gasteiger partial charge in [0.05, 0.1) is 12.7 Å². The minimum absolute atomic E-state index is 0.541. The van der Waals surface area contributed by atoms with Gasteiger partial charge in [0.25, 0.3) is 0 Å². The highest BCUT2D eigenvalue weighted by Gasteiger charge is 2.18. The molecule has 0 spiro atoms. The fraction of sp³-hybridized carbons (Fsp3) is 0.556. The van der Waals surface area contributed by atoms with Gasteiger partial charge in [0.2, 0.25) is 0 Å². The highest BCUT2D eigenvalue weighted by molar-refractivity contribution is 9.10. The summed E-state index contributed by atoms with van der Waals surface area (Å²) in [7, 11) is 0. The van der Waals surface area contributed by atoms with Crippen LogP contribution in [0.5, 0.6) is 0 Å². The monoisotopic (exact) mass is 246 g/mol. The van der Waals surface area contributed by atoms with Crippen LogP contribution in [0, 0.1) is 0 Å². The maximum Gasteiger partial charge on any atom is 0.0824 e. The Hall–Kier alpha value is 0.140. The number of thiophene rings is 1. The summed E-state index contributed by atoms with van der Waals surface area (Å²) in [6.07, 6.45) is 4.39. The normalized spacial score (nSPS) is 17.8. The van der Waals surface area contributed by atoms with Crippen molar-refractivity contribution < 1.29 is 4.74 Å². The van der Waals surface area contributed by atoms with E-state index in [1.165, 1.54) is 28.6 Å². The molecule has 1 nitrogen and oxygen atoms in total. The third kappa shape index (κ3) is 1.90. The van der Waals surface area contributed by atoms with Gasteiger partial charge in [-0.2, -0.15) is 0 Å². The number of ether oxygens (including phenoxy) is 1. The van der Waals surface area contributed by atoms with Gasteiger partial charge in [-0.25, -0.2) is 0 Å². The second-order valence-electron chi connectivity index (χ2n) is 3.06. The van der Waals surface area contributed by atoms with Crippen molar-refractivity contribution in [3.05, 3.63) is 20.8 Å². The van der Waals surface area contributed by atoms with E-state index in [9.17, 15) is 0 Å². The number of halogens is 1. The smallest absolute Gasteiger partial charge is 0.0824 e. The van der Waals surface area contributed by atoms with Crippen LogP contribution < -0.4 is 0 Å². The van der Waals surface area contributed by atoms with E-state index in [0.29, 0.717) is 6.10 Å². The molecule has 0 radical (unpaired) electrons. The molecule has 0 N–H and O–H groups in total. The standard InChI is InChI=1S/C9H11BrOS/c10-8-4-5-12-9(8)6-11-7-2-1-3-7/h4-5,7H,1-3,6H2. The lowest BCUT2D eigenvalue weighted by atomic mass is 9.96. The lowest BCUT2D eigenvalue weighted by Crippen LogP contribution is -2.20. The summed E-state index contributed by atoms with van der Waals surface area (Å²) in [5, 5.41) is 2.09. The maximum absolute atomic E-state index is 5.68. The van der Waals surface area contributed by atoms with Gasteiger partial charge in [-0.05, 0) is 46.6 Å². The van der Waals surface area contributed by atoms with Crippen LogP contribution in [-0.2, 0) is 11.3 Å². The molecule has 1 aliphatic rings. The minimum atomic E-state index is 0.541. The van der Waals surface area contributed by atoms with Gasteiger partial charge >= 0.3 is 0 Å². The van der Waals surface area contributed by atoms with Crippen LogP contribution >= 0.6 is 27.3 Å². The van der Waals surface area contributed by atoms with Crippen molar-refractivity contribution in [3.8, 4) is 0 Å². The van der Waals surface area contributed by atoms with Gasteiger partial charge in [0.1, 0.15) is 0 Å². The molecular formula is C9H11BrOS. The molecule has 1 aromatic rings. The third-order valence-electron chi connectivity index (χ3n) is 2.19. The molecule has 0 aliphatic heterocycles. The van der Waals surface area contributed by atoms with Crippen molar-refractivity contribution >= 4 is 27.3 Å². The highest BCUT2D eigenvalue weighted by atomic mass is 79.9. The molecule has 0 unspecified atom stereocenters. The molecule has 1 fully saturated rings. The Kier molecular flexibility index (Phi) is 2.84. The second-order valence-corrected chi connectivity index (χ2v) is 4.91. The van der Waals surface area contributed by atoms with Crippen molar-refractivity contribution in [3.63, 3.8) is 0 Å². The van der Waals surface area contributed by atoms with Crippen LogP contribution in [0.2, 0.25) is 0 Å². The van der Waals surface area contributed by atoms with Gasteiger partial charge in [-0.1, -0.05) is 0 Å². The Morgan fingerprint density at radius 2 is 2.42 bits per heavy atom. The molecule has 1 aromatic heterocycles. The molecule has 12 heavy (non-hydrogen) atoms. The zero-order valence-electron chi connectivity index (χ0n) is 6.75. The van der Waals surface area contributed by atoms with Gasteiger partial charge in [0, 0.05) is 9.35 Å². The van der Waals surface area contributed by atoms with Gasteiger partial charge in [-0.15, -0.1) is 11.3 Å².